The molecule has 4 atom stereocenters. The van der Waals surface area contributed by atoms with Crippen LogP contribution in [0.2, 0.25) is 0 Å². The van der Waals surface area contributed by atoms with E-state index in [0.29, 0.717) is 19.4 Å². The molecule has 0 spiro atoms. The molecule has 2 aliphatic heterocycles. The number of carbonyl (C=O) groups is 3. The molecule has 0 aliphatic carbocycles. The molecule has 9 nitrogen and oxygen atoms in total. The lowest BCUT2D eigenvalue weighted by molar-refractivity contribution is -0.147. The van der Waals surface area contributed by atoms with Crippen LogP contribution >= 0.6 is 0 Å². The normalized spacial score (nSPS) is 27.9. The van der Waals surface area contributed by atoms with Gasteiger partial charge in [0.25, 0.3) is 5.91 Å². The molecule has 130 valence electrons. The summed E-state index contributed by atoms with van der Waals surface area (Å²) < 4.78 is 7.13. The number of fused-ring (bicyclic) bond motifs is 2. The van der Waals surface area contributed by atoms with Crippen LogP contribution < -0.4 is 10.6 Å². The summed E-state index contributed by atoms with van der Waals surface area (Å²) in [6.45, 7) is 2.39. The molecule has 3 heterocycles. The molecule has 1 aromatic rings. The number of carboxylic acid groups (broad SMARTS) is 1. The third kappa shape index (κ3) is 2.64. The molecule has 3 rings (SSSR count). The number of hydrogen-bond donors (Lipinski definition) is 3. The van der Waals surface area contributed by atoms with Gasteiger partial charge in [0.1, 0.15) is 0 Å². The van der Waals surface area contributed by atoms with Crippen LogP contribution in [-0.2, 0) is 20.9 Å². The van der Waals surface area contributed by atoms with E-state index in [1.54, 1.807) is 6.20 Å². The van der Waals surface area contributed by atoms with E-state index < -0.39 is 35.7 Å². The average molecular weight is 336 g/mol. The smallest absolute Gasteiger partial charge is 0.310 e. The number of carboxylic acids is 1. The summed E-state index contributed by atoms with van der Waals surface area (Å²) in [7, 11) is 1.48. The van der Waals surface area contributed by atoms with E-state index in [1.807, 2.05) is 6.92 Å². The van der Waals surface area contributed by atoms with Gasteiger partial charge in [-0.25, -0.2) is 0 Å². The minimum Gasteiger partial charge on any atom is -0.481 e. The van der Waals surface area contributed by atoms with Crippen LogP contribution in [0, 0.1) is 11.8 Å². The first-order valence-electron chi connectivity index (χ1n) is 7.95. The molecule has 2 fully saturated rings. The molecule has 2 aliphatic rings. The van der Waals surface area contributed by atoms with Crippen molar-refractivity contribution in [1.29, 1.82) is 0 Å². The van der Waals surface area contributed by atoms with Crippen LogP contribution in [-0.4, -0.2) is 51.9 Å². The van der Waals surface area contributed by atoms with Gasteiger partial charge in [0.15, 0.2) is 5.69 Å². The first-order chi connectivity index (χ1) is 11.5. The van der Waals surface area contributed by atoms with Crippen molar-refractivity contribution in [2.45, 2.75) is 38.5 Å². The highest BCUT2D eigenvalue weighted by Gasteiger charge is 2.55. The number of ether oxygens (including phenoxy) is 1. The highest BCUT2D eigenvalue weighted by atomic mass is 16.5. The van der Waals surface area contributed by atoms with E-state index in [-0.39, 0.29) is 17.5 Å². The number of nitrogens with one attached hydrogen (secondary N) is 2. The van der Waals surface area contributed by atoms with Gasteiger partial charge in [-0.15, -0.1) is 0 Å². The third-order valence-electron chi connectivity index (χ3n) is 4.65. The zero-order valence-corrected chi connectivity index (χ0v) is 13.5. The maximum Gasteiger partial charge on any atom is 0.310 e. The zero-order valence-electron chi connectivity index (χ0n) is 13.5. The molecule has 0 aromatic carbocycles. The Kier molecular flexibility index (Phi) is 4.27. The molecular formula is C15H20N4O5. The van der Waals surface area contributed by atoms with E-state index in [0.717, 1.165) is 0 Å². The van der Waals surface area contributed by atoms with Gasteiger partial charge in [-0.1, -0.05) is 0 Å². The number of hydrogen-bond acceptors (Lipinski definition) is 5. The van der Waals surface area contributed by atoms with Gasteiger partial charge >= 0.3 is 5.97 Å². The Labute approximate surface area is 138 Å². The quantitative estimate of drug-likeness (QED) is 0.700. The maximum absolute atomic E-state index is 12.7. The van der Waals surface area contributed by atoms with Gasteiger partial charge in [0.2, 0.25) is 5.91 Å². The highest BCUT2D eigenvalue weighted by Crippen LogP contribution is 2.44. The monoisotopic (exact) mass is 336 g/mol. The average Bonchev–Trinajstić information content (AvgIpc) is 3.27. The second-order valence-electron chi connectivity index (χ2n) is 6.00. The number of aryl methyl sites for hydroxylation is 1. The number of aromatic nitrogens is 2. The van der Waals surface area contributed by atoms with Crippen LogP contribution in [0.25, 0.3) is 0 Å². The fourth-order valence-electron chi connectivity index (χ4n) is 3.50. The number of rotatable bonds is 5. The Morgan fingerprint density at radius 2 is 2.00 bits per heavy atom. The molecule has 3 N–H and O–H groups in total. The van der Waals surface area contributed by atoms with Gasteiger partial charge in [-0.2, -0.15) is 5.10 Å². The van der Waals surface area contributed by atoms with Crippen molar-refractivity contribution in [2.75, 3.05) is 12.4 Å². The number of amides is 2. The Hall–Kier alpha value is -2.42. The Balaban J connectivity index is 1.83. The van der Waals surface area contributed by atoms with E-state index in [4.69, 9.17) is 4.74 Å². The standard InChI is InChI=1S/C15H20N4O5/c1-3-19-6-7(12(18-19)14(21)16-2)17-13(20)10-8-4-5-9(24-8)11(10)15(22)23/h6,8-11H,3-5H2,1-2H3,(H,16,21)(H,17,20)(H,22,23)/t8-,9-,10+,11-/m0/s1. The number of aliphatic carboxylic acids is 1. The summed E-state index contributed by atoms with van der Waals surface area (Å²) in [6, 6.07) is 0. The van der Waals surface area contributed by atoms with Crippen LogP contribution in [0.4, 0.5) is 5.69 Å². The van der Waals surface area contributed by atoms with Crippen LogP contribution in [0.15, 0.2) is 6.20 Å². The van der Waals surface area contributed by atoms with Crippen molar-refractivity contribution in [3.8, 4) is 0 Å². The highest BCUT2D eigenvalue weighted by molar-refractivity contribution is 6.03. The molecule has 24 heavy (non-hydrogen) atoms. The molecular weight excluding hydrogens is 316 g/mol. The van der Waals surface area contributed by atoms with Crippen molar-refractivity contribution in [2.24, 2.45) is 11.8 Å². The predicted molar refractivity (Wildman–Crippen MR) is 82.4 cm³/mol. The van der Waals surface area contributed by atoms with E-state index >= 15 is 0 Å². The summed E-state index contributed by atoms with van der Waals surface area (Å²) in [4.78, 5) is 36.1. The fraction of sp³-hybridized carbons (Fsp3) is 0.600. The van der Waals surface area contributed by atoms with Gasteiger partial charge in [0.05, 0.1) is 29.7 Å². The summed E-state index contributed by atoms with van der Waals surface area (Å²) in [5.41, 5.74) is 0.372. The summed E-state index contributed by atoms with van der Waals surface area (Å²) in [5.74, 6) is -3.51. The topological polar surface area (TPSA) is 123 Å². The first kappa shape index (κ1) is 16.4. The third-order valence-corrected chi connectivity index (χ3v) is 4.65. The maximum atomic E-state index is 12.7. The van der Waals surface area contributed by atoms with Crippen molar-refractivity contribution in [3.63, 3.8) is 0 Å². The Morgan fingerprint density at radius 1 is 1.33 bits per heavy atom. The van der Waals surface area contributed by atoms with Crippen LogP contribution in [0.5, 0.6) is 0 Å². The second kappa shape index (κ2) is 6.23. The van der Waals surface area contributed by atoms with Crippen molar-refractivity contribution < 1.29 is 24.2 Å². The van der Waals surface area contributed by atoms with Gasteiger partial charge in [-0.3, -0.25) is 19.1 Å². The number of anilines is 1. The van der Waals surface area contributed by atoms with Crippen LogP contribution in [0.1, 0.15) is 30.3 Å². The lowest BCUT2D eigenvalue weighted by atomic mass is 9.78. The molecule has 2 amide bonds. The van der Waals surface area contributed by atoms with Crippen molar-refractivity contribution in [3.05, 3.63) is 11.9 Å². The summed E-state index contributed by atoms with van der Waals surface area (Å²) >= 11 is 0. The predicted octanol–water partition coefficient (Wildman–Crippen LogP) is 0.0793. The summed E-state index contributed by atoms with van der Waals surface area (Å²) in [6.07, 6.45) is 2.08. The van der Waals surface area contributed by atoms with Crippen LogP contribution in [0.3, 0.4) is 0 Å². The zero-order chi connectivity index (χ0) is 17.4. The first-order valence-corrected chi connectivity index (χ1v) is 7.95. The van der Waals surface area contributed by atoms with Crippen molar-refractivity contribution in [1.82, 2.24) is 15.1 Å². The van der Waals surface area contributed by atoms with Gasteiger partial charge in [-0.05, 0) is 19.8 Å². The largest absolute Gasteiger partial charge is 0.481 e. The van der Waals surface area contributed by atoms with E-state index in [2.05, 4.69) is 15.7 Å². The second-order valence-corrected chi connectivity index (χ2v) is 6.00. The van der Waals surface area contributed by atoms with E-state index in [9.17, 15) is 19.5 Å². The lowest BCUT2D eigenvalue weighted by Crippen LogP contribution is -2.41. The Bertz CT molecular complexity index is 685. The summed E-state index contributed by atoms with van der Waals surface area (Å²) in [5, 5.41) is 18.7. The molecule has 0 saturated carbocycles. The number of nitrogens with zero attached hydrogens (tertiary/aromatic N) is 2. The molecule has 2 saturated heterocycles. The fourth-order valence-corrected chi connectivity index (χ4v) is 3.50. The lowest BCUT2D eigenvalue weighted by Gasteiger charge is -2.23. The number of carbonyl (C=O) groups excluding carboxylic acids is 2. The minimum atomic E-state index is -1.03. The molecule has 9 heteroatoms. The minimum absolute atomic E-state index is 0.101. The SMILES string of the molecule is CCn1cc(NC(=O)[C@H]2[C@@H](C(=O)O)[C@@H]3CC[C@@H]2O3)c(C(=O)NC)n1. The Morgan fingerprint density at radius 3 is 2.58 bits per heavy atom. The van der Waals surface area contributed by atoms with Gasteiger partial charge < -0.3 is 20.5 Å². The van der Waals surface area contributed by atoms with Crippen molar-refractivity contribution >= 4 is 23.5 Å². The van der Waals surface area contributed by atoms with Gasteiger partial charge in [0, 0.05) is 19.8 Å². The molecule has 0 radical (unpaired) electrons. The molecule has 2 bridgehead atoms. The molecule has 1 aromatic heterocycles. The van der Waals surface area contributed by atoms with E-state index in [1.165, 1.54) is 11.7 Å². The molecule has 0 unspecified atom stereocenters.